The van der Waals surface area contributed by atoms with E-state index in [1.807, 2.05) is 26.0 Å². The number of nitro benzene ring substituents is 1. The smallest absolute Gasteiger partial charge is 0.335 e. The van der Waals surface area contributed by atoms with Crippen LogP contribution < -0.4 is 4.74 Å². The SMILES string of the molecule is CC(=CCc1cc(C)ccc1C(=O)O)COc1ccc([N+](=O)[O-])cc1. The third-order valence-corrected chi connectivity index (χ3v) is 3.68. The fourth-order valence-electron chi connectivity index (χ4n) is 2.30. The molecule has 0 atom stereocenters. The highest BCUT2D eigenvalue weighted by molar-refractivity contribution is 5.89. The number of benzene rings is 2. The first-order valence-corrected chi connectivity index (χ1v) is 7.72. The molecule has 0 saturated carbocycles. The topological polar surface area (TPSA) is 89.7 Å². The van der Waals surface area contributed by atoms with E-state index < -0.39 is 10.9 Å². The summed E-state index contributed by atoms with van der Waals surface area (Å²) < 4.78 is 5.59. The van der Waals surface area contributed by atoms with Crippen molar-refractivity contribution >= 4 is 11.7 Å². The Balaban J connectivity index is 1.99. The molecule has 2 aromatic rings. The summed E-state index contributed by atoms with van der Waals surface area (Å²) >= 11 is 0. The first-order valence-electron chi connectivity index (χ1n) is 7.72. The van der Waals surface area contributed by atoms with Gasteiger partial charge in [-0.15, -0.1) is 0 Å². The number of non-ortho nitro benzene ring substituents is 1. The molecule has 0 unspecified atom stereocenters. The lowest BCUT2D eigenvalue weighted by atomic mass is 10.0. The Hall–Kier alpha value is -3.15. The molecule has 0 saturated heterocycles. The van der Waals surface area contributed by atoms with Gasteiger partial charge in [0.1, 0.15) is 12.4 Å². The molecule has 0 aliphatic carbocycles. The maximum Gasteiger partial charge on any atom is 0.335 e. The molecule has 0 aliphatic rings. The number of aryl methyl sites for hydroxylation is 1. The molecular formula is C19H19NO5. The van der Waals surface area contributed by atoms with Crippen LogP contribution in [0.1, 0.15) is 28.4 Å². The van der Waals surface area contributed by atoms with Gasteiger partial charge < -0.3 is 9.84 Å². The van der Waals surface area contributed by atoms with E-state index in [-0.39, 0.29) is 5.69 Å². The minimum Gasteiger partial charge on any atom is -0.489 e. The van der Waals surface area contributed by atoms with Crippen LogP contribution in [0.4, 0.5) is 5.69 Å². The number of aromatic carboxylic acids is 1. The normalized spacial score (nSPS) is 11.2. The molecule has 0 heterocycles. The first-order chi connectivity index (χ1) is 11.9. The van der Waals surface area contributed by atoms with Crippen LogP contribution in [-0.4, -0.2) is 22.6 Å². The number of hydrogen-bond acceptors (Lipinski definition) is 4. The van der Waals surface area contributed by atoms with Crippen LogP contribution in [0.5, 0.6) is 5.75 Å². The summed E-state index contributed by atoms with van der Waals surface area (Å²) in [5, 5.41) is 19.9. The number of carboxylic acid groups (broad SMARTS) is 1. The molecule has 6 nitrogen and oxygen atoms in total. The van der Waals surface area contributed by atoms with Gasteiger partial charge in [-0.25, -0.2) is 4.79 Å². The number of hydrogen-bond donors (Lipinski definition) is 1. The van der Waals surface area contributed by atoms with E-state index >= 15 is 0 Å². The van der Waals surface area contributed by atoms with Crippen LogP contribution in [0, 0.1) is 17.0 Å². The van der Waals surface area contributed by atoms with Crippen LogP contribution >= 0.6 is 0 Å². The predicted molar refractivity (Wildman–Crippen MR) is 94.2 cm³/mol. The van der Waals surface area contributed by atoms with Crippen molar-refractivity contribution in [2.24, 2.45) is 0 Å². The molecule has 2 rings (SSSR count). The minimum atomic E-state index is -0.941. The molecule has 2 aromatic carbocycles. The monoisotopic (exact) mass is 341 g/mol. The summed E-state index contributed by atoms with van der Waals surface area (Å²) in [4.78, 5) is 21.4. The van der Waals surface area contributed by atoms with Crippen LogP contribution in [0.3, 0.4) is 0 Å². The average Bonchev–Trinajstić information content (AvgIpc) is 2.58. The fraction of sp³-hybridized carbons (Fsp3) is 0.211. The highest BCUT2D eigenvalue weighted by atomic mass is 16.6. The van der Waals surface area contributed by atoms with Gasteiger partial charge in [-0.1, -0.05) is 23.8 Å². The maximum absolute atomic E-state index is 11.3. The largest absolute Gasteiger partial charge is 0.489 e. The van der Waals surface area contributed by atoms with E-state index in [0.717, 1.165) is 16.7 Å². The molecule has 0 bridgehead atoms. The van der Waals surface area contributed by atoms with Crippen molar-refractivity contribution in [1.29, 1.82) is 0 Å². The minimum absolute atomic E-state index is 0.0141. The second kappa shape index (κ2) is 8.10. The van der Waals surface area contributed by atoms with E-state index in [0.29, 0.717) is 24.3 Å². The molecule has 0 aromatic heterocycles. The molecule has 1 N–H and O–H groups in total. The first kappa shape index (κ1) is 18.2. The van der Waals surface area contributed by atoms with Gasteiger partial charge in [0.05, 0.1) is 10.5 Å². The molecular weight excluding hydrogens is 322 g/mol. The summed E-state index contributed by atoms with van der Waals surface area (Å²) in [6.45, 7) is 4.14. The lowest BCUT2D eigenvalue weighted by Gasteiger charge is -2.08. The lowest BCUT2D eigenvalue weighted by molar-refractivity contribution is -0.384. The molecule has 6 heteroatoms. The number of carbonyl (C=O) groups is 1. The molecule has 0 amide bonds. The summed E-state index contributed by atoms with van der Waals surface area (Å²) in [7, 11) is 0. The highest BCUT2D eigenvalue weighted by Gasteiger charge is 2.09. The van der Waals surface area contributed by atoms with Crippen molar-refractivity contribution in [2.45, 2.75) is 20.3 Å². The van der Waals surface area contributed by atoms with E-state index in [1.165, 1.54) is 12.1 Å². The molecule has 0 fully saturated rings. The van der Waals surface area contributed by atoms with Crippen molar-refractivity contribution in [3.8, 4) is 5.75 Å². The van der Waals surface area contributed by atoms with Gasteiger partial charge in [0.15, 0.2) is 0 Å². The average molecular weight is 341 g/mol. The van der Waals surface area contributed by atoms with E-state index in [4.69, 9.17) is 4.74 Å². The number of allylic oxidation sites excluding steroid dienone is 1. The lowest BCUT2D eigenvalue weighted by Crippen LogP contribution is -2.03. The Morgan fingerprint density at radius 2 is 1.92 bits per heavy atom. The van der Waals surface area contributed by atoms with Crippen LogP contribution in [0.2, 0.25) is 0 Å². The second-order valence-corrected chi connectivity index (χ2v) is 5.76. The Morgan fingerprint density at radius 3 is 2.52 bits per heavy atom. The molecule has 130 valence electrons. The third-order valence-electron chi connectivity index (χ3n) is 3.68. The van der Waals surface area contributed by atoms with Gasteiger partial charge in [-0.3, -0.25) is 10.1 Å². The number of nitro groups is 1. The zero-order chi connectivity index (χ0) is 18.4. The van der Waals surface area contributed by atoms with Crippen LogP contribution in [0.25, 0.3) is 0 Å². The zero-order valence-corrected chi connectivity index (χ0v) is 14.1. The number of nitrogens with zero attached hydrogens (tertiary/aromatic N) is 1. The van der Waals surface area contributed by atoms with Crippen molar-refractivity contribution in [3.05, 3.63) is 80.9 Å². The van der Waals surface area contributed by atoms with Gasteiger partial charge in [0.2, 0.25) is 0 Å². The molecule has 0 spiro atoms. The van der Waals surface area contributed by atoms with Crippen molar-refractivity contribution in [3.63, 3.8) is 0 Å². The third kappa shape index (κ3) is 5.17. The van der Waals surface area contributed by atoms with E-state index in [9.17, 15) is 20.0 Å². The van der Waals surface area contributed by atoms with Crippen molar-refractivity contribution < 1.29 is 19.6 Å². The maximum atomic E-state index is 11.3. The summed E-state index contributed by atoms with van der Waals surface area (Å²) in [5.41, 5.74) is 3.01. The zero-order valence-electron chi connectivity index (χ0n) is 14.1. The van der Waals surface area contributed by atoms with Crippen LogP contribution in [0.15, 0.2) is 54.1 Å². The predicted octanol–water partition coefficient (Wildman–Crippen LogP) is 4.17. The fourth-order valence-corrected chi connectivity index (χ4v) is 2.30. The quantitative estimate of drug-likeness (QED) is 0.464. The highest BCUT2D eigenvalue weighted by Crippen LogP contribution is 2.18. The number of ether oxygens (including phenoxy) is 1. The molecule has 25 heavy (non-hydrogen) atoms. The Bertz CT molecular complexity index is 809. The Kier molecular flexibility index (Phi) is 5.89. The van der Waals surface area contributed by atoms with E-state index in [2.05, 4.69) is 0 Å². The summed E-state index contributed by atoms with van der Waals surface area (Å²) in [5.74, 6) is -0.400. The van der Waals surface area contributed by atoms with Crippen molar-refractivity contribution in [2.75, 3.05) is 6.61 Å². The summed E-state index contributed by atoms with van der Waals surface area (Å²) in [6, 6.07) is 11.1. The van der Waals surface area contributed by atoms with E-state index in [1.54, 1.807) is 24.3 Å². The molecule has 0 radical (unpaired) electrons. The van der Waals surface area contributed by atoms with Gasteiger partial charge >= 0.3 is 5.97 Å². The Labute approximate surface area is 145 Å². The standard InChI is InChI=1S/C19H19NO5/c1-13-4-10-18(19(21)22)15(11-13)5-3-14(2)12-25-17-8-6-16(7-9-17)20(23)24/h3-4,6-11H,5,12H2,1-2H3,(H,21,22). The van der Waals surface area contributed by atoms with Gasteiger partial charge in [0, 0.05) is 12.1 Å². The second-order valence-electron chi connectivity index (χ2n) is 5.76. The van der Waals surface area contributed by atoms with Gasteiger partial charge in [-0.05, 0) is 49.6 Å². The number of rotatable bonds is 7. The van der Waals surface area contributed by atoms with Gasteiger partial charge in [0.25, 0.3) is 5.69 Å². The summed E-state index contributed by atoms with van der Waals surface area (Å²) in [6.07, 6.45) is 2.42. The number of carboxylic acids is 1. The molecule has 0 aliphatic heterocycles. The van der Waals surface area contributed by atoms with Crippen LogP contribution in [-0.2, 0) is 6.42 Å². The Morgan fingerprint density at radius 1 is 1.24 bits per heavy atom. The van der Waals surface area contributed by atoms with Gasteiger partial charge in [-0.2, -0.15) is 0 Å². The van der Waals surface area contributed by atoms with Crippen molar-refractivity contribution in [1.82, 2.24) is 0 Å².